The minimum absolute atomic E-state index is 0.198. The first-order valence-corrected chi connectivity index (χ1v) is 10.4. The molecule has 148 valence electrons. The second-order valence-corrected chi connectivity index (χ2v) is 7.87. The Kier molecular flexibility index (Phi) is 4.94. The van der Waals surface area contributed by atoms with Gasteiger partial charge in [0.1, 0.15) is 0 Å². The van der Waals surface area contributed by atoms with Crippen molar-refractivity contribution in [2.45, 2.75) is 12.6 Å². The Hall–Kier alpha value is -3.59. The van der Waals surface area contributed by atoms with Gasteiger partial charge >= 0.3 is 0 Å². The molecule has 2 aromatic rings. The number of carbonyl (C=O) groups excluding carboxylic acids is 1. The minimum Gasteiger partial charge on any atom is -0.342 e. The largest absolute Gasteiger partial charge is 0.342 e. The molecule has 3 nitrogen and oxygen atoms in total. The summed E-state index contributed by atoms with van der Waals surface area (Å²) in [5.41, 5.74) is 4.33. The number of aldehydes is 1. The van der Waals surface area contributed by atoms with Gasteiger partial charge in [-0.25, -0.2) is 0 Å². The molecule has 1 saturated heterocycles. The highest BCUT2D eigenvalue weighted by Gasteiger charge is 2.43. The number of carbonyl (C=O) groups is 1. The van der Waals surface area contributed by atoms with Crippen LogP contribution in [0.15, 0.2) is 115 Å². The Morgan fingerprint density at radius 3 is 2.40 bits per heavy atom. The molecule has 0 spiro atoms. The lowest BCUT2D eigenvalue weighted by molar-refractivity contribution is -0.106. The highest BCUT2D eigenvalue weighted by atomic mass is 16.1. The SMILES string of the molecule is O=CC1=CC2C(=CN1Cc1ccccc1)N(/C=C/c1ccccc1)C1C=CC=CC21. The topological polar surface area (TPSA) is 23.6 Å². The summed E-state index contributed by atoms with van der Waals surface area (Å²) in [5.74, 6) is 0.527. The fourth-order valence-corrected chi connectivity index (χ4v) is 4.57. The van der Waals surface area contributed by atoms with Crippen molar-refractivity contribution in [2.75, 3.05) is 0 Å². The third-order valence-corrected chi connectivity index (χ3v) is 6.04. The average molecular weight is 393 g/mol. The summed E-state index contributed by atoms with van der Waals surface area (Å²) in [6.07, 6.45) is 18.4. The van der Waals surface area contributed by atoms with Crippen molar-refractivity contribution in [3.8, 4) is 0 Å². The predicted octanol–water partition coefficient (Wildman–Crippen LogP) is 5.14. The molecule has 3 heteroatoms. The third kappa shape index (κ3) is 3.43. The maximum Gasteiger partial charge on any atom is 0.166 e. The molecule has 0 bridgehead atoms. The first-order valence-electron chi connectivity index (χ1n) is 10.4. The van der Waals surface area contributed by atoms with Gasteiger partial charge in [-0.1, -0.05) is 85.0 Å². The fourth-order valence-electron chi connectivity index (χ4n) is 4.57. The zero-order chi connectivity index (χ0) is 20.3. The van der Waals surface area contributed by atoms with Crippen molar-refractivity contribution in [3.05, 3.63) is 126 Å². The molecule has 2 aliphatic heterocycles. The van der Waals surface area contributed by atoms with E-state index in [0.717, 1.165) is 12.0 Å². The molecular weight excluding hydrogens is 368 g/mol. The van der Waals surface area contributed by atoms with Crippen molar-refractivity contribution in [2.24, 2.45) is 11.8 Å². The summed E-state index contributed by atoms with van der Waals surface area (Å²) in [6.45, 7) is 0.679. The van der Waals surface area contributed by atoms with Crippen LogP contribution in [-0.4, -0.2) is 22.1 Å². The summed E-state index contributed by atoms with van der Waals surface area (Å²) < 4.78 is 0. The Balaban J connectivity index is 1.51. The van der Waals surface area contributed by atoms with Gasteiger partial charge in [0.2, 0.25) is 0 Å². The first kappa shape index (κ1) is 18.4. The van der Waals surface area contributed by atoms with Crippen LogP contribution in [0.25, 0.3) is 6.08 Å². The summed E-state index contributed by atoms with van der Waals surface area (Å²) in [4.78, 5) is 16.3. The van der Waals surface area contributed by atoms with Crippen LogP contribution in [0, 0.1) is 11.8 Å². The number of nitrogens with zero attached hydrogens (tertiary/aromatic N) is 2. The average Bonchev–Trinajstić information content (AvgIpc) is 3.11. The molecule has 2 aromatic carbocycles. The standard InChI is InChI=1S/C27H24N2O/c30-20-23-17-25-24-13-7-8-14-26(24)29(16-15-21-9-3-1-4-10-21)27(25)19-28(23)18-22-11-5-2-6-12-22/h1-17,19-20,24-26H,18H2/b16-15+. The van der Waals surface area contributed by atoms with Gasteiger partial charge in [0.15, 0.2) is 6.29 Å². The Morgan fingerprint density at radius 1 is 0.900 bits per heavy atom. The summed E-state index contributed by atoms with van der Waals surface area (Å²) in [7, 11) is 0. The number of benzene rings is 2. The smallest absolute Gasteiger partial charge is 0.166 e. The Bertz CT molecular complexity index is 1060. The van der Waals surface area contributed by atoms with Crippen LogP contribution in [0.1, 0.15) is 11.1 Å². The van der Waals surface area contributed by atoms with E-state index in [-0.39, 0.29) is 12.0 Å². The Labute approximate surface area is 177 Å². The van der Waals surface area contributed by atoms with Crippen molar-refractivity contribution in [3.63, 3.8) is 0 Å². The van der Waals surface area contributed by atoms with Crippen molar-refractivity contribution in [1.29, 1.82) is 0 Å². The summed E-state index contributed by atoms with van der Waals surface area (Å²) in [6, 6.07) is 20.9. The van der Waals surface area contributed by atoms with E-state index in [1.165, 1.54) is 16.8 Å². The minimum atomic E-state index is 0.198. The molecule has 0 aromatic heterocycles. The second kappa shape index (κ2) is 8.03. The van der Waals surface area contributed by atoms with Gasteiger partial charge < -0.3 is 9.80 Å². The molecule has 1 fully saturated rings. The van der Waals surface area contributed by atoms with E-state index >= 15 is 0 Å². The van der Waals surface area contributed by atoms with Gasteiger partial charge in [0, 0.05) is 36.5 Å². The molecule has 5 rings (SSSR count). The lowest BCUT2D eigenvalue weighted by Crippen LogP contribution is -2.27. The predicted molar refractivity (Wildman–Crippen MR) is 121 cm³/mol. The van der Waals surface area contributed by atoms with Gasteiger partial charge in [0.25, 0.3) is 0 Å². The van der Waals surface area contributed by atoms with E-state index in [9.17, 15) is 4.79 Å². The van der Waals surface area contributed by atoms with E-state index in [1.54, 1.807) is 0 Å². The first-order chi connectivity index (χ1) is 14.8. The van der Waals surface area contributed by atoms with Gasteiger partial charge in [-0.05, 0) is 23.3 Å². The van der Waals surface area contributed by atoms with Crippen LogP contribution in [0.2, 0.25) is 0 Å². The third-order valence-electron chi connectivity index (χ3n) is 6.04. The van der Waals surface area contributed by atoms with E-state index in [0.29, 0.717) is 12.5 Å². The van der Waals surface area contributed by atoms with Crippen LogP contribution in [0.4, 0.5) is 0 Å². The molecule has 30 heavy (non-hydrogen) atoms. The van der Waals surface area contributed by atoms with E-state index in [2.05, 4.69) is 95.1 Å². The molecule has 0 radical (unpaired) electrons. The van der Waals surface area contributed by atoms with Crippen LogP contribution < -0.4 is 0 Å². The lowest BCUT2D eigenvalue weighted by Gasteiger charge is -2.30. The van der Waals surface area contributed by atoms with Gasteiger partial charge in [-0.3, -0.25) is 4.79 Å². The van der Waals surface area contributed by atoms with Crippen molar-refractivity contribution < 1.29 is 4.79 Å². The number of hydrogen-bond acceptors (Lipinski definition) is 3. The Morgan fingerprint density at radius 2 is 1.63 bits per heavy atom. The quantitative estimate of drug-likeness (QED) is 0.658. The monoisotopic (exact) mass is 392 g/mol. The van der Waals surface area contributed by atoms with Crippen molar-refractivity contribution >= 4 is 12.4 Å². The second-order valence-electron chi connectivity index (χ2n) is 7.87. The molecule has 3 unspecified atom stereocenters. The number of hydrogen-bond donors (Lipinski definition) is 0. The van der Waals surface area contributed by atoms with Gasteiger partial charge in [-0.15, -0.1) is 0 Å². The lowest BCUT2D eigenvalue weighted by atomic mass is 9.85. The zero-order valence-electron chi connectivity index (χ0n) is 16.7. The zero-order valence-corrected chi connectivity index (χ0v) is 16.7. The summed E-state index contributed by atoms with van der Waals surface area (Å²) in [5, 5.41) is 0. The van der Waals surface area contributed by atoms with Crippen molar-refractivity contribution in [1.82, 2.24) is 9.80 Å². The molecule has 3 atom stereocenters. The van der Waals surface area contributed by atoms with E-state index in [1.807, 2.05) is 24.3 Å². The summed E-state index contributed by atoms with van der Waals surface area (Å²) >= 11 is 0. The molecule has 3 aliphatic rings. The molecule has 2 heterocycles. The van der Waals surface area contributed by atoms with Crippen LogP contribution in [0.3, 0.4) is 0 Å². The maximum absolute atomic E-state index is 11.9. The molecule has 0 N–H and O–H groups in total. The fraction of sp³-hybridized carbons (Fsp3) is 0.148. The number of likely N-dealkylation sites (tertiary alicyclic amines) is 1. The number of rotatable bonds is 5. The number of fused-ring (bicyclic) bond motifs is 3. The molecular formula is C27H24N2O. The molecule has 0 amide bonds. The van der Waals surface area contributed by atoms with Crippen LogP contribution in [-0.2, 0) is 11.3 Å². The maximum atomic E-state index is 11.9. The highest BCUT2D eigenvalue weighted by molar-refractivity contribution is 5.74. The molecule has 1 aliphatic carbocycles. The number of allylic oxidation sites excluding steroid dienone is 4. The van der Waals surface area contributed by atoms with Gasteiger partial charge in [-0.2, -0.15) is 0 Å². The van der Waals surface area contributed by atoms with Crippen LogP contribution in [0.5, 0.6) is 0 Å². The highest BCUT2D eigenvalue weighted by Crippen LogP contribution is 2.45. The van der Waals surface area contributed by atoms with E-state index < -0.39 is 0 Å². The normalized spacial score (nSPS) is 24.5. The molecule has 0 saturated carbocycles. The van der Waals surface area contributed by atoms with Crippen LogP contribution >= 0.6 is 0 Å². The van der Waals surface area contributed by atoms with E-state index in [4.69, 9.17) is 0 Å². The van der Waals surface area contributed by atoms with Gasteiger partial charge in [0.05, 0.1) is 11.7 Å².